The van der Waals surface area contributed by atoms with E-state index in [0.717, 1.165) is 38.4 Å². The van der Waals surface area contributed by atoms with Gasteiger partial charge in [0.1, 0.15) is 5.02 Å². The minimum absolute atomic E-state index is 0.218. The number of hydrogen-bond donors (Lipinski definition) is 0. The van der Waals surface area contributed by atoms with Crippen LogP contribution in [0.25, 0.3) is 5.69 Å². The second-order valence-corrected chi connectivity index (χ2v) is 8.43. The molecule has 4 rings (SSSR count). The van der Waals surface area contributed by atoms with Crippen molar-refractivity contribution < 1.29 is 0 Å². The SMILES string of the molecule is CN1CCCC(N2CCN(c3cnn(-c4ccc(Cl)cc4)c(=O)c3Cl)CC2)C1. The third kappa shape index (κ3) is 4.06. The van der Waals surface area contributed by atoms with E-state index in [-0.39, 0.29) is 10.6 Å². The van der Waals surface area contributed by atoms with Gasteiger partial charge in [0.25, 0.3) is 5.56 Å². The number of likely N-dealkylation sites (tertiary alicyclic amines) is 1. The summed E-state index contributed by atoms with van der Waals surface area (Å²) in [5.74, 6) is 0. The van der Waals surface area contributed by atoms with Gasteiger partial charge in [0, 0.05) is 43.8 Å². The van der Waals surface area contributed by atoms with Crippen LogP contribution in [0, 0.1) is 0 Å². The van der Waals surface area contributed by atoms with Crippen molar-refractivity contribution in [3.05, 3.63) is 50.9 Å². The van der Waals surface area contributed by atoms with E-state index in [0.29, 0.717) is 16.8 Å². The molecule has 2 aliphatic rings. The Morgan fingerprint density at radius 2 is 1.75 bits per heavy atom. The highest BCUT2D eigenvalue weighted by atomic mass is 35.5. The van der Waals surface area contributed by atoms with Gasteiger partial charge >= 0.3 is 0 Å². The average molecular weight is 422 g/mol. The van der Waals surface area contributed by atoms with E-state index >= 15 is 0 Å². The molecule has 0 bridgehead atoms. The van der Waals surface area contributed by atoms with E-state index in [9.17, 15) is 4.79 Å². The van der Waals surface area contributed by atoms with Crippen molar-refractivity contribution in [2.24, 2.45) is 0 Å². The zero-order chi connectivity index (χ0) is 19.7. The summed E-state index contributed by atoms with van der Waals surface area (Å²) in [6, 6.07) is 7.61. The molecular formula is C20H25Cl2N5O. The molecule has 2 aromatic rings. The van der Waals surface area contributed by atoms with Gasteiger partial charge in [-0.25, -0.2) is 0 Å². The Balaban J connectivity index is 1.47. The standard InChI is InChI=1S/C20H25Cl2N5O/c1-24-8-2-3-17(14-24)25-9-11-26(12-10-25)18-13-23-27(20(28)19(18)22)16-6-4-15(21)5-7-16/h4-7,13,17H,2-3,8-12,14H2,1H3. The van der Waals surface area contributed by atoms with Crippen LogP contribution >= 0.6 is 23.2 Å². The molecule has 3 heterocycles. The molecule has 28 heavy (non-hydrogen) atoms. The van der Waals surface area contributed by atoms with Crippen LogP contribution in [-0.4, -0.2) is 71.9 Å². The molecule has 0 amide bonds. The molecule has 0 aliphatic carbocycles. The number of aromatic nitrogens is 2. The van der Waals surface area contributed by atoms with E-state index in [4.69, 9.17) is 23.2 Å². The monoisotopic (exact) mass is 421 g/mol. The van der Waals surface area contributed by atoms with Gasteiger partial charge in [-0.3, -0.25) is 9.69 Å². The lowest BCUT2D eigenvalue weighted by Gasteiger charge is -2.43. The van der Waals surface area contributed by atoms with Crippen LogP contribution in [0.3, 0.4) is 0 Å². The van der Waals surface area contributed by atoms with Gasteiger partial charge in [0.05, 0.1) is 17.6 Å². The van der Waals surface area contributed by atoms with Gasteiger partial charge in [0.15, 0.2) is 0 Å². The fourth-order valence-electron chi connectivity index (χ4n) is 4.18. The maximum Gasteiger partial charge on any atom is 0.292 e. The van der Waals surface area contributed by atoms with Crippen molar-refractivity contribution in [3.8, 4) is 5.69 Å². The van der Waals surface area contributed by atoms with Crippen molar-refractivity contribution >= 4 is 28.9 Å². The molecule has 1 unspecified atom stereocenters. The number of anilines is 1. The molecule has 0 radical (unpaired) electrons. The Bertz CT molecular complexity index is 877. The van der Waals surface area contributed by atoms with Crippen LogP contribution in [0.2, 0.25) is 10.0 Å². The molecule has 0 spiro atoms. The quantitative estimate of drug-likeness (QED) is 0.761. The van der Waals surface area contributed by atoms with Gasteiger partial charge in [0.2, 0.25) is 0 Å². The molecule has 0 saturated carbocycles. The number of benzene rings is 1. The zero-order valence-corrected chi connectivity index (χ0v) is 17.5. The van der Waals surface area contributed by atoms with Crippen LogP contribution in [-0.2, 0) is 0 Å². The lowest BCUT2D eigenvalue weighted by atomic mass is 10.0. The van der Waals surface area contributed by atoms with Crippen molar-refractivity contribution in [3.63, 3.8) is 0 Å². The Kier molecular flexibility index (Phi) is 5.92. The van der Waals surface area contributed by atoms with E-state index in [1.54, 1.807) is 30.5 Å². The number of rotatable bonds is 3. The molecule has 2 aliphatic heterocycles. The number of hydrogen-bond acceptors (Lipinski definition) is 5. The molecule has 1 aromatic heterocycles. The largest absolute Gasteiger partial charge is 0.366 e. The second-order valence-electron chi connectivity index (χ2n) is 7.62. The molecule has 1 atom stereocenters. The topological polar surface area (TPSA) is 44.6 Å². The molecule has 1 aromatic carbocycles. The smallest absolute Gasteiger partial charge is 0.292 e. The summed E-state index contributed by atoms with van der Waals surface area (Å²) in [5.41, 5.74) is 1.06. The van der Waals surface area contributed by atoms with Crippen LogP contribution < -0.4 is 10.5 Å². The molecule has 2 saturated heterocycles. The van der Waals surface area contributed by atoms with Gasteiger partial charge in [-0.05, 0) is 50.7 Å². The summed E-state index contributed by atoms with van der Waals surface area (Å²) in [7, 11) is 2.20. The van der Waals surface area contributed by atoms with E-state index in [2.05, 4.69) is 26.8 Å². The third-order valence-corrected chi connectivity index (χ3v) is 6.35. The first-order valence-corrected chi connectivity index (χ1v) is 10.5. The first kappa shape index (κ1) is 19.7. The highest BCUT2D eigenvalue weighted by molar-refractivity contribution is 6.33. The highest BCUT2D eigenvalue weighted by Gasteiger charge is 2.28. The Labute approximate surface area is 175 Å². The Morgan fingerprint density at radius 1 is 1.04 bits per heavy atom. The normalized spacial score (nSPS) is 21.8. The fraction of sp³-hybridized carbons (Fsp3) is 0.500. The van der Waals surface area contributed by atoms with Crippen LogP contribution in [0.1, 0.15) is 12.8 Å². The van der Waals surface area contributed by atoms with Crippen LogP contribution in [0.5, 0.6) is 0 Å². The molecule has 8 heteroatoms. The predicted octanol–water partition coefficient (Wildman–Crippen LogP) is 2.76. The molecule has 0 N–H and O–H groups in total. The third-order valence-electron chi connectivity index (χ3n) is 5.74. The molecule has 150 valence electrons. The predicted molar refractivity (Wildman–Crippen MR) is 114 cm³/mol. The Morgan fingerprint density at radius 3 is 2.43 bits per heavy atom. The molecular weight excluding hydrogens is 397 g/mol. The first-order valence-electron chi connectivity index (χ1n) is 9.74. The second kappa shape index (κ2) is 8.41. The van der Waals surface area contributed by atoms with Gasteiger partial charge < -0.3 is 9.80 Å². The van der Waals surface area contributed by atoms with E-state index in [1.165, 1.54) is 24.1 Å². The lowest BCUT2D eigenvalue weighted by molar-refractivity contribution is 0.106. The summed E-state index contributed by atoms with van der Waals surface area (Å²) in [6.45, 7) is 6.00. The van der Waals surface area contributed by atoms with Gasteiger partial charge in [-0.2, -0.15) is 9.78 Å². The molecule has 2 fully saturated rings. The van der Waals surface area contributed by atoms with E-state index in [1.807, 2.05) is 0 Å². The van der Waals surface area contributed by atoms with E-state index < -0.39 is 0 Å². The number of piperidine rings is 1. The number of nitrogens with zero attached hydrogens (tertiary/aromatic N) is 5. The van der Waals surface area contributed by atoms with Crippen molar-refractivity contribution in [1.29, 1.82) is 0 Å². The lowest BCUT2D eigenvalue weighted by Crippen LogP contribution is -2.54. The zero-order valence-electron chi connectivity index (χ0n) is 16.0. The summed E-state index contributed by atoms with van der Waals surface area (Å²) in [5, 5.41) is 5.18. The minimum Gasteiger partial charge on any atom is -0.366 e. The minimum atomic E-state index is -0.308. The van der Waals surface area contributed by atoms with Gasteiger partial charge in [-0.1, -0.05) is 23.2 Å². The average Bonchev–Trinajstić information content (AvgIpc) is 2.71. The number of piperazine rings is 1. The fourth-order valence-corrected chi connectivity index (χ4v) is 4.55. The number of likely N-dealkylation sites (N-methyl/N-ethyl adjacent to an activating group) is 1. The summed E-state index contributed by atoms with van der Waals surface area (Å²) in [4.78, 5) is 19.9. The Hall–Kier alpha value is -1.60. The first-order chi connectivity index (χ1) is 13.5. The molecule has 6 nitrogen and oxygen atoms in total. The maximum absolute atomic E-state index is 12.8. The van der Waals surface area contributed by atoms with Crippen molar-refractivity contribution in [2.75, 3.05) is 51.2 Å². The van der Waals surface area contributed by atoms with Gasteiger partial charge in [-0.15, -0.1) is 0 Å². The van der Waals surface area contributed by atoms with Crippen LogP contribution in [0.4, 0.5) is 5.69 Å². The summed E-state index contributed by atoms with van der Waals surface area (Å²) >= 11 is 12.4. The maximum atomic E-state index is 12.8. The highest BCUT2D eigenvalue weighted by Crippen LogP contribution is 2.25. The van der Waals surface area contributed by atoms with Crippen LogP contribution in [0.15, 0.2) is 35.3 Å². The van der Waals surface area contributed by atoms with Crippen molar-refractivity contribution in [2.45, 2.75) is 18.9 Å². The summed E-state index contributed by atoms with van der Waals surface area (Å²) < 4.78 is 1.32. The summed E-state index contributed by atoms with van der Waals surface area (Å²) in [6.07, 6.45) is 4.23. The number of halogens is 2. The van der Waals surface area contributed by atoms with Crippen molar-refractivity contribution in [1.82, 2.24) is 19.6 Å².